The summed E-state index contributed by atoms with van der Waals surface area (Å²) < 4.78 is 0. The van der Waals surface area contributed by atoms with Gasteiger partial charge in [0.05, 0.1) is 0 Å². The molecular weight excluding hydrogens is 266 g/mol. The van der Waals surface area contributed by atoms with Crippen LogP contribution in [0.2, 0.25) is 0 Å². The number of benzene rings is 2. The normalized spacial score (nSPS) is 9.76. The molecule has 0 saturated heterocycles. The van der Waals surface area contributed by atoms with Gasteiger partial charge in [0, 0.05) is 5.56 Å². The Kier molecular flexibility index (Phi) is 4.51. The maximum Gasteiger partial charge on any atom is 0.276 e. The smallest absolute Gasteiger partial charge is 0.276 e. The molecule has 0 aliphatic carbocycles. The highest BCUT2D eigenvalue weighted by molar-refractivity contribution is 5.94. The Balaban J connectivity index is 2.09. The van der Waals surface area contributed by atoms with Gasteiger partial charge in [0.2, 0.25) is 0 Å². The Labute approximate surface area is 123 Å². The van der Waals surface area contributed by atoms with E-state index in [4.69, 9.17) is 4.84 Å². The van der Waals surface area contributed by atoms with Gasteiger partial charge in [-0.05, 0) is 36.3 Å². The van der Waals surface area contributed by atoms with E-state index in [-0.39, 0.29) is 5.78 Å². The van der Waals surface area contributed by atoms with Gasteiger partial charge in [-0.25, -0.2) is 0 Å². The average Bonchev–Trinajstić information content (AvgIpc) is 2.53. The van der Waals surface area contributed by atoms with E-state index in [0.717, 1.165) is 17.2 Å². The minimum absolute atomic E-state index is 0.0447. The van der Waals surface area contributed by atoms with Crippen molar-refractivity contribution in [2.75, 3.05) is 0 Å². The van der Waals surface area contributed by atoms with Crippen LogP contribution in [0.25, 0.3) is 11.1 Å². The molecule has 0 fully saturated rings. The Morgan fingerprint density at radius 1 is 1.00 bits per heavy atom. The monoisotopic (exact) mass is 281 g/mol. The van der Waals surface area contributed by atoms with E-state index in [0.29, 0.717) is 11.3 Å². The molecule has 2 aromatic rings. The van der Waals surface area contributed by atoms with Crippen LogP contribution in [0, 0.1) is 0 Å². The third-order valence-electron chi connectivity index (χ3n) is 2.93. The Morgan fingerprint density at radius 3 is 2.00 bits per heavy atom. The van der Waals surface area contributed by atoms with Crippen LogP contribution in [-0.2, 0) is 4.79 Å². The minimum Gasteiger partial charge on any atom is -0.379 e. The van der Waals surface area contributed by atoms with E-state index in [1.165, 1.54) is 0 Å². The first kappa shape index (κ1) is 14.5. The maximum absolute atomic E-state index is 11.2. The standard InChI is InChI=1S/C17H15NO3/c1-3-17(20)18-21-16-10-8-15(9-11-16)14-6-4-13(5-7-14)12(2)19/h3-11H,1H2,2H3,(H,18,20). The van der Waals surface area contributed by atoms with Crippen molar-refractivity contribution in [1.82, 2.24) is 5.48 Å². The number of nitrogens with one attached hydrogen (secondary N) is 1. The Morgan fingerprint density at radius 2 is 1.52 bits per heavy atom. The van der Waals surface area contributed by atoms with E-state index < -0.39 is 5.91 Å². The van der Waals surface area contributed by atoms with Crippen molar-refractivity contribution in [2.45, 2.75) is 6.92 Å². The van der Waals surface area contributed by atoms with Gasteiger partial charge < -0.3 is 4.84 Å². The molecule has 0 heterocycles. The van der Waals surface area contributed by atoms with Crippen molar-refractivity contribution in [3.8, 4) is 16.9 Å². The third-order valence-corrected chi connectivity index (χ3v) is 2.93. The van der Waals surface area contributed by atoms with Crippen LogP contribution in [0.5, 0.6) is 5.75 Å². The highest BCUT2D eigenvalue weighted by atomic mass is 16.7. The molecule has 0 aromatic heterocycles. The van der Waals surface area contributed by atoms with Crippen molar-refractivity contribution >= 4 is 11.7 Å². The fourth-order valence-corrected chi connectivity index (χ4v) is 1.76. The number of hydroxylamine groups is 1. The second-order valence-corrected chi connectivity index (χ2v) is 4.43. The fourth-order valence-electron chi connectivity index (χ4n) is 1.76. The van der Waals surface area contributed by atoms with Gasteiger partial charge in [0.15, 0.2) is 11.5 Å². The lowest BCUT2D eigenvalue weighted by Crippen LogP contribution is -2.24. The van der Waals surface area contributed by atoms with Crippen molar-refractivity contribution in [2.24, 2.45) is 0 Å². The largest absolute Gasteiger partial charge is 0.379 e. The van der Waals surface area contributed by atoms with Crippen LogP contribution in [0.1, 0.15) is 17.3 Å². The molecule has 2 rings (SSSR count). The first-order valence-corrected chi connectivity index (χ1v) is 6.41. The predicted octanol–water partition coefficient (Wildman–Crippen LogP) is 3.15. The first-order chi connectivity index (χ1) is 10.1. The van der Waals surface area contributed by atoms with Gasteiger partial charge in [-0.3, -0.25) is 9.59 Å². The number of hydrogen-bond donors (Lipinski definition) is 1. The molecule has 0 spiro atoms. The number of rotatable bonds is 5. The maximum atomic E-state index is 11.2. The third kappa shape index (κ3) is 3.79. The first-order valence-electron chi connectivity index (χ1n) is 6.41. The summed E-state index contributed by atoms with van der Waals surface area (Å²) in [5.41, 5.74) is 4.91. The second kappa shape index (κ2) is 6.52. The summed E-state index contributed by atoms with van der Waals surface area (Å²) in [4.78, 5) is 27.3. The summed E-state index contributed by atoms with van der Waals surface area (Å²) in [6.07, 6.45) is 1.13. The molecule has 0 radical (unpaired) electrons. The SMILES string of the molecule is C=CC(=O)NOc1ccc(-c2ccc(C(C)=O)cc2)cc1. The van der Waals surface area contributed by atoms with E-state index in [9.17, 15) is 9.59 Å². The van der Waals surface area contributed by atoms with Gasteiger partial charge in [0.25, 0.3) is 5.91 Å². The van der Waals surface area contributed by atoms with E-state index >= 15 is 0 Å². The summed E-state index contributed by atoms with van der Waals surface area (Å²) in [7, 11) is 0. The van der Waals surface area contributed by atoms with Crippen molar-refractivity contribution in [3.05, 3.63) is 66.7 Å². The fraction of sp³-hybridized carbons (Fsp3) is 0.0588. The molecule has 0 unspecified atom stereocenters. The highest BCUT2D eigenvalue weighted by Gasteiger charge is 2.02. The topological polar surface area (TPSA) is 55.4 Å². The van der Waals surface area contributed by atoms with E-state index in [1.807, 2.05) is 24.3 Å². The molecule has 0 saturated carbocycles. The lowest BCUT2D eigenvalue weighted by atomic mass is 10.0. The molecule has 106 valence electrons. The molecule has 1 amide bonds. The van der Waals surface area contributed by atoms with Gasteiger partial charge in [-0.2, -0.15) is 5.48 Å². The molecule has 4 heteroatoms. The average molecular weight is 281 g/mol. The summed E-state index contributed by atoms with van der Waals surface area (Å²) in [6, 6.07) is 14.6. The Bertz CT molecular complexity index is 657. The number of hydrogen-bond acceptors (Lipinski definition) is 3. The number of Topliss-reactive ketones (excluding diaryl/α,β-unsaturated/α-hetero) is 1. The van der Waals surface area contributed by atoms with Gasteiger partial charge in [-0.1, -0.05) is 43.0 Å². The summed E-state index contributed by atoms with van der Waals surface area (Å²) >= 11 is 0. The highest BCUT2D eigenvalue weighted by Crippen LogP contribution is 2.22. The summed E-state index contributed by atoms with van der Waals surface area (Å²) in [6.45, 7) is 4.87. The zero-order chi connectivity index (χ0) is 15.2. The number of carbonyl (C=O) groups is 2. The second-order valence-electron chi connectivity index (χ2n) is 4.43. The minimum atomic E-state index is -0.404. The molecular formula is C17H15NO3. The molecule has 2 aromatic carbocycles. The molecule has 1 N–H and O–H groups in total. The zero-order valence-electron chi connectivity index (χ0n) is 11.6. The molecule has 21 heavy (non-hydrogen) atoms. The lowest BCUT2D eigenvalue weighted by molar-refractivity contribution is -0.122. The van der Waals surface area contributed by atoms with Crippen LogP contribution >= 0.6 is 0 Å². The van der Waals surface area contributed by atoms with Crippen LogP contribution in [0.4, 0.5) is 0 Å². The van der Waals surface area contributed by atoms with Crippen LogP contribution < -0.4 is 10.3 Å². The van der Waals surface area contributed by atoms with Crippen molar-refractivity contribution in [1.29, 1.82) is 0 Å². The summed E-state index contributed by atoms with van der Waals surface area (Å²) in [5, 5.41) is 0. The summed E-state index contributed by atoms with van der Waals surface area (Å²) in [5.74, 6) is 0.163. The van der Waals surface area contributed by atoms with Crippen molar-refractivity contribution in [3.63, 3.8) is 0 Å². The van der Waals surface area contributed by atoms with Crippen molar-refractivity contribution < 1.29 is 14.4 Å². The quantitative estimate of drug-likeness (QED) is 0.520. The van der Waals surface area contributed by atoms with Gasteiger partial charge in [0.1, 0.15) is 0 Å². The lowest BCUT2D eigenvalue weighted by Gasteiger charge is -2.06. The molecule has 0 bridgehead atoms. The predicted molar refractivity (Wildman–Crippen MR) is 80.9 cm³/mol. The number of amides is 1. The molecule has 0 atom stereocenters. The Hall–Kier alpha value is -2.88. The van der Waals surface area contributed by atoms with Crippen LogP contribution in [0.3, 0.4) is 0 Å². The van der Waals surface area contributed by atoms with E-state index in [2.05, 4.69) is 12.1 Å². The molecule has 0 aliphatic heterocycles. The van der Waals surface area contributed by atoms with Crippen LogP contribution in [0.15, 0.2) is 61.2 Å². The zero-order valence-corrected chi connectivity index (χ0v) is 11.6. The number of carbonyl (C=O) groups excluding carboxylic acids is 2. The molecule has 0 aliphatic rings. The van der Waals surface area contributed by atoms with Crippen LogP contribution in [-0.4, -0.2) is 11.7 Å². The molecule has 4 nitrogen and oxygen atoms in total. The van der Waals surface area contributed by atoms with Gasteiger partial charge >= 0.3 is 0 Å². The van der Waals surface area contributed by atoms with E-state index in [1.54, 1.807) is 31.2 Å². The van der Waals surface area contributed by atoms with Gasteiger partial charge in [-0.15, -0.1) is 0 Å². The number of ketones is 1.